The summed E-state index contributed by atoms with van der Waals surface area (Å²) < 4.78 is 1.67. The maximum Gasteiger partial charge on any atom is 0.239 e. The predicted octanol–water partition coefficient (Wildman–Crippen LogP) is 2.04. The zero-order valence-electron chi connectivity index (χ0n) is 15.7. The number of hydrogen-bond donors (Lipinski definition) is 1. The van der Waals surface area contributed by atoms with Crippen LogP contribution in [-0.2, 0) is 11.8 Å². The van der Waals surface area contributed by atoms with E-state index in [1.54, 1.807) is 10.7 Å². The number of nitrogens with zero attached hydrogens (tertiary/aromatic N) is 5. The van der Waals surface area contributed by atoms with E-state index in [1.807, 2.05) is 25.4 Å². The van der Waals surface area contributed by atoms with Gasteiger partial charge in [0, 0.05) is 50.9 Å². The van der Waals surface area contributed by atoms with Crippen molar-refractivity contribution in [3.63, 3.8) is 0 Å². The molecule has 1 amide bonds. The number of rotatable bonds is 4. The van der Waals surface area contributed by atoms with Gasteiger partial charge in [0.25, 0.3) is 0 Å². The summed E-state index contributed by atoms with van der Waals surface area (Å²) in [7, 11) is 1.83. The van der Waals surface area contributed by atoms with Crippen LogP contribution in [-0.4, -0.2) is 58.3 Å². The molecule has 1 aliphatic heterocycles. The maximum absolute atomic E-state index is 12.2. The van der Waals surface area contributed by atoms with E-state index in [0.717, 1.165) is 37.5 Å². The molecule has 1 saturated heterocycles. The van der Waals surface area contributed by atoms with Crippen LogP contribution < -0.4 is 10.2 Å². The van der Waals surface area contributed by atoms with Gasteiger partial charge >= 0.3 is 0 Å². The topological polar surface area (TPSA) is 66.3 Å². The molecule has 0 unspecified atom stereocenters. The average molecular weight is 364 g/mol. The van der Waals surface area contributed by atoms with Gasteiger partial charge in [-0.25, -0.2) is 4.98 Å². The van der Waals surface area contributed by atoms with E-state index in [1.165, 1.54) is 10.9 Å². The van der Waals surface area contributed by atoms with Crippen LogP contribution in [0, 0.1) is 6.92 Å². The third kappa shape index (κ3) is 3.93. The van der Waals surface area contributed by atoms with Crippen LogP contribution in [0.25, 0.3) is 10.9 Å². The Hall–Kier alpha value is -2.93. The van der Waals surface area contributed by atoms with Crippen LogP contribution >= 0.6 is 0 Å². The number of nitrogens with one attached hydrogen (secondary N) is 1. The Kier molecular flexibility index (Phi) is 4.77. The molecule has 1 N–H and O–H groups in total. The Morgan fingerprint density at radius 3 is 2.67 bits per heavy atom. The fourth-order valence-corrected chi connectivity index (χ4v) is 3.50. The number of hydrogen-bond acceptors (Lipinski definition) is 5. The highest BCUT2D eigenvalue weighted by molar-refractivity contribution is 5.91. The molecule has 0 atom stereocenters. The monoisotopic (exact) mass is 364 g/mol. The second-order valence-corrected chi connectivity index (χ2v) is 7.00. The molecule has 0 aliphatic carbocycles. The van der Waals surface area contributed by atoms with Crippen LogP contribution in [0.3, 0.4) is 0 Å². The summed E-state index contributed by atoms with van der Waals surface area (Å²) in [5, 5.41) is 8.22. The van der Waals surface area contributed by atoms with Crippen molar-refractivity contribution in [1.82, 2.24) is 19.7 Å². The van der Waals surface area contributed by atoms with Gasteiger partial charge in [-0.05, 0) is 24.6 Å². The minimum Gasteiger partial charge on any atom is -0.354 e. The summed E-state index contributed by atoms with van der Waals surface area (Å²) in [5.74, 6) is 1.59. The number of aryl methyl sites for hydroxylation is 2. The highest BCUT2D eigenvalue weighted by Crippen LogP contribution is 2.23. The first kappa shape index (κ1) is 17.5. The van der Waals surface area contributed by atoms with Gasteiger partial charge in [-0.3, -0.25) is 14.4 Å². The molecule has 1 aromatic carbocycles. The van der Waals surface area contributed by atoms with Gasteiger partial charge in [-0.2, -0.15) is 5.10 Å². The lowest BCUT2D eigenvalue weighted by Gasteiger charge is -2.35. The van der Waals surface area contributed by atoms with E-state index in [0.29, 0.717) is 12.4 Å². The summed E-state index contributed by atoms with van der Waals surface area (Å²) in [5.41, 5.74) is 2.28. The largest absolute Gasteiger partial charge is 0.354 e. The van der Waals surface area contributed by atoms with Crippen molar-refractivity contribution in [3.8, 4) is 0 Å². The number of carbonyl (C=O) groups excluding carboxylic acids is 1. The lowest BCUT2D eigenvalue weighted by Crippen LogP contribution is -2.49. The van der Waals surface area contributed by atoms with E-state index < -0.39 is 0 Å². The van der Waals surface area contributed by atoms with Crippen LogP contribution in [0.5, 0.6) is 0 Å². The summed E-state index contributed by atoms with van der Waals surface area (Å²) in [6, 6.07) is 12.2. The number of fused-ring (bicyclic) bond motifs is 1. The molecule has 3 aromatic rings. The number of pyridine rings is 1. The fraction of sp³-hybridized carbons (Fsp3) is 0.350. The Balaban J connectivity index is 1.35. The Labute approximate surface area is 158 Å². The maximum atomic E-state index is 12.2. The smallest absolute Gasteiger partial charge is 0.239 e. The molecule has 4 rings (SSSR count). The van der Waals surface area contributed by atoms with Crippen molar-refractivity contribution >= 4 is 28.4 Å². The normalized spacial score (nSPS) is 15.3. The van der Waals surface area contributed by atoms with Crippen molar-refractivity contribution in [3.05, 3.63) is 48.2 Å². The minimum atomic E-state index is -0.0261. The first-order valence-corrected chi connectivity index (χ1v) is 9.22. The molecule has 7 heteroatoms. The Morgan fingerprint density at radius 2 is 1.93 bits per heavy atom. The number of para-hydroxylation sites is 1. The van der Waals surface area contributed by atoms with Crippen LogP contribution in [0.15, 0.2) is 42.6 Å². The van der Waals surface area contributed by atoms with E-state index >= 15 is 0 Å². The predicted molar refractivity (Wildman–Crippen MR) is 107 cm³/mol. The standard InChI is InChI=1S/C20H24N6O/c1-15-13-19(21-17-6-4-3-5-16(15)17)26-11-9-25(10-12-26)14-20(27)22-18-7-8-24(2)23-18/h3-8,13H,9-12,14H2,1-2H3,(H,22,23,27). The highest BCUT2D eigenvalue weighted by atomic mass is 16.2. The summed E-state index contributed by atoms with van der Waals surface area (Å²) >= 11 is 0. The van der Waals surface area contributed by atoms with Gasteiger partial charge < -0.3 is 10.2 Å². The van der Waals surface area contributed by atoms with Crippen molar-refractivity contribution in [2.75, 3.05) is 42.9 Å². The first-order chi connectivity index (χ1) is 13.1. The zero-order valence-corrected chi connectivity index (χ0v) is 15.7. The molecule has 0 saturated carbocycles. The molecular weight excluding hydrogens is 340 g/mol. The molecule has 0 spiro atoms. The Morgan fingerprint density at radius 1 is 1.15 bits per heavy atom. The van der Waals surface area contributed by atoms with E-state index in [2.05, 4.69) is 45.3 Å². The average Bonchev–Trinajstić information content (AvgIpc) is 3.07. The number of benzene rings is 1. The molecular formula is C20H24N6O. The second kappa shape index (κ2) is 7.36. The number of anilines is 2. The van der Waals surface area contributed by atoms with Gasteiger partial charge in [-0.15, -0.1) is 0 Å². The number of amides is 1. The summed E-state index contributed by atoms with van der Waals surface area (Å²) in [6.45, 7) is 5.91. The molecule has 1 fully saturated rings. The Bertz CT molecular complexity index is 958. The van der Waals surface area contributed by atoms with Crippen LogP contribution in [0.4, 0.5) is 11.6 Å². The lowest BCUT2D eigenvalue weighted by molar-refractivity contribution is -0.117. The molecule has 1 aliphatic rings. The molecule has 27 heavy (non-hydrogen) atoms. The van der Waals surface area contributed by atoms with Crippen molar-refractivity contribution in [1.29, 1.82) is 0 Å². The van der Waals surface area contributed by atoms with Gasteiger partial charge in [0.1, 0.15) is 5.82 Å². The third-order valence-corrected chi connectivity index (χ3v) is 4.95. The minimum absolute atomic E-state index is 0.0261. The summed E-state index contributed by atoms with van der Waals surface area (Å²) in [4.78, 5) is 21.5. The van der Waals surface area contributed by atoms with E-state index in [-0.39, 0.29) is 5.91 Å². The third-order valence-electron chi connectivity index (χ3n) is 4.95. The van der Waals surface area contributed by atoms with Crippen LogP contribution in [0.2, 0.25) is 0 Å². The van der Waals surface area contributed by atoms with Gasteiger partial charge in [-0.1, -0.05) is 18.2 Å². The number of carbonyl (C=O) groups is 1. The molecule has 7 nitrogen and oxygen atoms in total. The van der Waals surface area contributed by atoms with Crippen molar-refractivity contribution in [2.45, 2.75) is 6.92 Å². The highest BCUT2D eigenvalue weighted by Gasteiger charge is 2.20. The molecule has 0 bridgehead atoms. The number of piperazine rings is 1. The molecule has 140 valence electrons. The summed E-state index contributed by atoms with van der Waals surface area (Å²) in [6.07, 6.45) is 1.81. The fourth-order valence-electron chi connectivity index (χ4n) is 3.50. The first-order valence-electron chi connectivity index (χ1n) is 9.22. The zero-order chi connectivity index (χ0) is 18.8. The molecule has 2 aromatic heterocycles. The quantitative estimate of drug-likeness (QED) is 0.767. The van der Waals surface area contributed by atoms with Crippen molar-refractivity contribution in [2.24, 2.45) is 7.05 Å². The van der Waals surface area contributed by atoms with Gasteiger partial charge in [0.15, 0.2) is 5.82 Å². The van der Waals surface area contributed by atoms with Gasteiger partial charge in [0.2, 0.25) is 5.91 Å². The van der Waals surface area contributed by atoms with E-state index in [9.17, 15) is 4.79 Å². The number of aromatic nitrogens is 3. The van der Waals surface area contributed by atoms with Crippen molar-refractivity contribution < 1.29 is 4.79 Å². The van der Waals surface area contributed by atoms with E-state index in [4.69, 9.17) is 4.98 Å². The SMILES string of the molecule is Cc1cc(N2CCN(CC(=O)Nc3ccn(C)n3)CC2)nc2ccccc12. The second-order valence-electron chi connectivity index (χ2n) is 7.00. The molecule has 0 radical (unpaired) electrons. The lowest BCUT2D eigenvalue weighted by atomic mass is 10.1. The van der Waals surface area contributed by atoms with Gasteiger partial charge in [0.05, 0.1) is 12.1 Å². The molecule has 3 heterocycles. The van der Waals surface area contributed by atoms with Crippen LogP contribution in [0.1, 0.15) is 5.56 Å².